The summed E-state index contributed by atoms with van der Waals surface area (Å²) in [5, 5.41) is 3.39. The lowest BCUT2D eigenvalue weighted by atomic mass is 10.1. The van der Waals surface area contributed by atoms with Crippen LogP contribution < -0.4 is 5.32 Å². The zero-order valence-corrected chi connectivity index (χ0v) is 15.3. The van der Waals surface area contributed by atoms with E-state index in [0.29, 0.717) is 6.04 Å². The molecule has 0 bridgehead atoms. The molecular formula is C21H26N4O. The molecule has 2 fully saturated rings. The van der Waals surface area contributed by atoms with Crippen LogP contribution in [0.5, 0.6) is 0 Å². The van der Waals surface area contributed by atoms with Crippen molar-refractivity contribution >= 4 is 5.91 Å². The summed E-state index contributed by atoms with van der Waals surface area (Å²) in [7, 11) is 0. The fourth-order valence-corrected chi connectivity index (χ4v) is 4.00. The van der Waals surface area contributed by atoms with Crippen LogP contribution in [0.25, 0.3) is 11.3 Å². The first-order valence-electron chi connectivity index (χ1n) is 9.49. The molecule has 26 heavy (non-hydrogen) atoms. The van der Waals surface area contributed by atoms with Crippen LogP contribution in [0.15, 0.2) is 42.5 Å². The van der Waals surface area contributed by atoms with Gasteiger partial charge in [0.15, 0.2) is 0 Å². The number of amides is 1. The lowest BCUT2D eigenvalue weighted by Gasteiger charge is -2.32. The van der Waals surface area contributed by atoms with E-state index in [-0.39, 0.29) is 5.91 Å². The first kappa shape index (κ1) is 17.2. The minimum absolute atomic E-state index is 0.118. The summed E-state index contributed by atoms with van der Waals surface area (Å²) in [5.41, 5.74) is 3.53. The Morgan fingerprint density at radius 2 is 1.85 bits per heavy atom. The molecule has 1 amide bonds. The third-order valence-corrected chi connectivity index (χ3v) is 5.50. The van der Waals surface area contributed by atoms with E-state index >= 15 is 0 Å². The van der Waals surface area contributed by atoms with Crippen molar-refractivity contribution in [3.63, 3.8) is 0 Å². The second-order valence-electron chi connectivity index (χ2n) is 7.18. The van der Waals surface area contributed by atoms with Crippen molar-refractivity contribution < 1.29 is 4.79 Å². The Morgan fingerprint density at radius 1 is 1.08 bits per heavy atom. The standard InChI is InChI=1S/C21H26N4O/c1-16-19(7-8-20(23-16)17-5-3-2-4-6-17)21(26)25-12-9-18(15-25)24-13-10-22-11-14-24/h2-8,18,22H,9-15H2,1H3. The predicted octanol–water partition coefficient (Wildman–Crippen LogP) is 2.18. The van der Waals surface area contributed by atoms with Crippen LogP contribution in [0.3, 0.4) is 0 Å². The van der Waals surface area contributed by atoms with Crippen LogP contribution in [0.2, 0.25) is 0 Å². The molecule has 3 heterocycles. The van der Waals surface area contributed by atoms with Gasteiger partial charge in [0.2, 0.25) is 0 Å². The van der Waals surface area contributed by atoms with Crippen molar-refractivity contribution in [2.75, 3.05) is 39.3 Å². The van der Waals surface area contributed by atoms with E-state index < -0.39 is 0 Å². The minimum atomic E-state index is 0.118. The number of hydrogen-bond donors (Lipinski definition) is 1. The molecule has 0 aliphatic carbocycles. The highest BCUT2D eigenvalue weighted by molar-refractivity contribution is 5.95. The van der Waals surface area contributed by atoms with Gasteiger partial charge in [-0.2, -0.15) is 0 Å². The Labute approximate surface area is 155 Å². The molecule has 1 aromatic carbocycles. The zero-order valence-electron chi connectivity index (χ0n) is 15.3. The molecule has 0 spiro atoms. The number of rotatable bonds is 3. The summed E-state index contributed by atoms with van der Waals surface area (Å²) in [4.78, 5) is 22.2. The number of aromatic nitrogens is 1. The van der Waals surface area contributed by atoms with Gasteiger partial charge >= 0.3 is 0 Å². The molecule has 1 N–H and O–H groups in total. The number of nitrogens with zero attached hydrogens (tertiary/aromatic N) is 3. The van der Waals surface area contributed by atoms with Crippen molar-refractivity contribution in [2.24, 2.45) is 0 Å². The average molecular weight is 350 g/mol. The van der Waals surface area contributed by atoms with Crippen LogP contribution in [-0.2, 0) is 0 Å². The van der Waals surface area contributed by atoms with E-state index in [1.54, 1.807) is 0 Å². The monoisotopic (exact) mass is 350 g/mol. The molecule has 4 rings (SSSR count). The van der Waals surface area contributed by atoms with Gasteiger partial charge in [0.05, 0.1) is 17.0 Å². The van der Waals surface area contributed by atoms with Crippen LogP contribution >= 0.6 is 0 Å². The number of piperazine rings is 1. The van der Waals surface area contributed by atoms with Gasteiger partial charge < -0.3 is 10.2 Å². The fraction of sp³-hybridized carbons (Fsp3) is 0.429. The Morgan fingerprint density at radius 3 is 2.58 bits per heavy atom. The number of nitrogens with one attached hydrogen (secondary N) is 1. The molecule has 2 aliphatic rings. The highest BCUT2D eigenvalue weighted by atomic mass is 16.2. The minimum Gasteiger partial charge on any atom is -0.337 e. The summed E-state index contributed by atoms with van der Waals surface area (Å²) in [6.07, 6.45) is 1.07. The zero-order chi connectivity index (χ0) is 17.9. The Bertz CT molecular complexity index is 771. The molecule has 5 heteroatoms. The van der Waals surface area contributed by atoms with Crippen LogP contribution in [-0.4, -0.2) is 66.0 Å². The number of pyridine rings is 1. The number of aryl methyl sites for hydroxylation is 1. The Balaban J connectivity index is 1.46. The van der Waals surface area contributed by atoms with Gasteiger partial charge in [-0.1, -0.05) is 30.3 Å². The van der Waals surface area contributed by atoms with Crippen LogP contribution in [0.1, 0.15) is 22.5 Å². The number of likely N-dealkylation sites (tertiary alicyclic amines) is 1. The highest BCUT2D eigenvalue weighted by Gasteiger charge is 2.31. The second-order valence-corrected chi connectivity index (χ2v) is 7.18. The molecular weight excluding hydrogens is 324 g/mol. The first-order valence-corrected chi connectivity index (χ1v) is 9.49. The van der Waals surface area contributed by atoms with Crippen molar-refractivity contribution in [3.05, 3.63) is 53.7 Å². The van der Waals surface area contributed by atoms with Crippen molar-refractivity contribution in [1.82, 2.24) is 20.1 Å². The van der Waals surface area contributed by atoms with Crippen LogP contribution in [0, 0.1) is 6.92 Å². The Kier molecular flexibility index (Phi) is 5.00. The van der Waals surface area contributed by atoms with Gasteiger partial charge in [0, 0.05) is 50.9 Å². The third kappa shape index (κ3) is 3.50. The molecule has 2 saturated heterocycles. The van der Waals surface area contributed by atoms with E-state index in [9.17, 15) is 4.79 Å². The van der Waals surface area contributed by atoms with Crippen molar-refractivity contribution in [1.29, 1.82) is 0 Å². The summed E-state index contributed by atoms with van der Waals surface area (Å²) in [5.74, 6) is 0.118. The quantitative estimate of drug-likeness (QED) is 0.922. The number of benzene rings is 1. The van der Waals surface area contributed by atoms with E-state index in [2.05, 4.69) is 15.2 Å². The van der Waals surface area contributed by atoms with Crippen LogP contribution in [0.4, 0.5) is 0 Å². The van der Waals surface area contributed by atoms with Gasteiger partial charge in [-0.05, 0) is 25.5 Å². The van der Waals surface area contributed by atoms with Crippen molar-refractivity contribution in [2.45, 2.75) is 19.4 Å². The maximum atomic E-state index is 13.0. The summed E-state index contributed by atoms with van der Waals surface area (Å²) >= 11 is 0. The number of carbonyl (C=O) groups excluding carboxylic acids is 1. The maximum absolute atomic E-state index is 13.0. The van der Waals surface area contributed by atoms with Crippen molar-refractivity contribution in [3.8, 4) is 11.3 Å². The lowest BCUT2D eigenvalue weighted by Crippen LogP contribution is -2.49. The molecule has 136 valence electrons. The smallest absolute Gasteiger partial charge is 0.255 e. The molecule has 1 unspecified atom stereocenters. The fourth-order valence-electron chi connectivity index (χ4n) is 4.00. The van der Waals surface area contributed by atoms with E-state index in [4.69, 9.17) is 0 Å². The molecule has 2 aromatic rings. The van der Waals surface area contributed by atoms with E-state index in [1.807, 2.05) is 54.3 Å². The SMILES string of the molecule is Cc1nc(-c2ccccc2)ccc1C(=O)N1CCC(N2CCNCC2)C1. The average Bonchev–Trinajstić information content (AvgIpc) is 3.19. The Hall–Kier alpha value is -2.24. The van der Waals surface area contributed by atoms with E-state index in [0.717, 1.165) is 68.2 Å². The number of carbonyl (C=O) groups is 1. The van der Waals surface area contributed by atoms with Gasteiger partial charge in [0.25, 0.3) is 5.91 Å². The summed E-state index contributed by atoms with van der Waals surface area (Å²) in [6, 6.07) is 14.5. The van der Waals surface area contributed by atoms with E-state index in [1.165, 1.54) is 0 Å². The highest BCUT2D eigenvalue weighted by Crippen LogP contribution is 2.22. The normalized spacial score (nSPS) is 21.1. The lowest BCUT2D eigenvalue weighted by molar-refractivity contribution is 0.0772. The molecule has 0 radical (unpaired) electrons. The largest absolute Gasteiger partial charge is 0.337 e. The molecule has 2 aliphatic heterocycles. The molecule has 5 nitrogen and oxygen atoms in total. The topological polar surface area (TPSA) is 48.5 Å². The van der Waals surface area contributed by atoms with Gasteiger partial charge in [-0.3, -0.25) is 14.7 Å². The second kappa shape index (κ2) is 7.56. The molecule has 0 saturated carbocycles. The first-order chi connectivity index (χ1) is 12.7. The third-order valence-electron chi connectivity index (χ3n) is 5.50. The van der Waals surface area contributed by atoms with Gasteiger partial charge in [-0.25, -0.2) is 0 Å². The number of hydrogen-bond acceptors (Lipinski definition) is 4. The molecule has 1 aromatic heterocycles. The van der Waals surface area contributed by atoms with Gasteiger partial charge in [-0.15, -0.1) is 0 Å². The summed E-state index contributed by atoms with van der Waals surface area (Å²) in [6.45, 7) is 7.87. The summed E-state index contributed by atoms with van der Waals surface area (Å²) < 4.78 is 0. The molecule has 1 atom stereocenters. The predicted molar refractivity (Wildman–Crippen MR) is 103 cm³/mol. The maximum Gasteiger partial charge on any atom is 0.255 e. The van der Waals surface area contributed by atoms with Gasteiger partial charge in [0.1, 0.15) is 0 Å².